The minimum atomic E-state index is -0.216. The number of amides is 1. The Labute approximate surface area is 129 Å². The topological polar surface area (TPSA) is 64.3 Å². The molecule has 0 heterocycles. The standard InChI is InChI=1S/C15H23BrN2O2/c1-5-15(3,4)18-13(19)9-20-14-10(2)6-12(16)7-11(14)8-17/h6-7H,5,8-9,17H2,1-4H3,(H,18,19). The van der Waals surface area contributed by atoms with E-state index in [2.05, 4.69) is 21.2 Å². The smallest absolute Gasteiger partial charge is 0.258 e. The van der Waals surface area contributed by atoms with Gasteiger partial charge >= 0.3 is 0 Å². The molecule has 20 heavy (non-hydrogen) atoms. The van der Waals surface area contributed by atoms with E-state index in [9.17, 15) is 4.79 Å². The van der Waals surface area contributed by atoms with Crippen LogP contribution in [0.25, 0.3) is 0 Å². The number of halogens is 1. The minimum absolute atomic E-state index is 0.00109. The summed E-state index contributed by atoms with van der Waals surface area (Å²) in [5, 5.41) is 2.94. The second-order valence-electron chi connectivity index (χ2n) is 5.49. The number of carbonyl (C=O) groups excluding carboxylic acids is 1. The molecule has 0 aromatic heterocycles. The van der Waals surface area contributed by atoms with Gasteiger partial charge in [0.2, 0.25) is 0 Å². The van der Waals surface area contributed by atoms with Gasteiger partial charge < -0.3 is 15.8 Å². The van der Waals surface area contributed by atoms with Crippen LogP contribution in [-0.4, -0.2) is 18.1 Å². The Morgan fingerprint density at radius 2 is 2.10 bits per heavy atom. The molecular weight excluding hydrogens is 320 g/mol. The van der Waals surface area contributed by atoms with E-state index in [1.165, 1.54) is 0 Å². The molecule has 0 saturated carbocycles. The summed E-state index contributed by atoms with van der Waals surface area (Å²) in [5.41, 5.74) is 7.35. The van der Waals surface area contributed by atoms with Crippen LogP contribution in [0, 0.1) is 6.92 Å². The van der Waals surface area contributed by atoms with Gasteiger partial charge in [0, 0.05) is 22.1 Å². The van der Waals surface area contributed by atoms with Gasteiger partial charge in [0.1, 0.15) is 5.75 Å². The van der Waals surface area contributed by atoms with E-state index in [0.717, 1.165) is 22.0 Å². The average molecular weight is 343 g/mol. The average Bonchev–Trinajstić information content (AvgIpc) is 2.36. The number of carbonyl (C=O) groups is 1. The maximum absolute atomic E-state index is 11.9. The van der Waals surface area contributed by atoms with Crippen LogP contribution >= 0.6 is 15.9 Å². The first-order chi connectivity index (χ1) is 9.29. The van der Waals surface area contributed by atoms with Crippen LogP contribution in [0.5, 0.6) is 5.75 Å². The largest absolute Gasteiger partial charge is 0.483 e. The van der Waals surface area contributed by atoms with Crippen LogP contribution in [0.2, 0.25) is 0 Å². The lowest BCUT2D eigenvalue weighted by Crippen LogP contribution is -2.45. The van der Waals surface area contributed by atoms with Crippen molar-refractivity contribution in [3.8, 4) is 5.75 Å². The van der Waals surface area contributed by atoms with Gasteiger partial charge in [-0.3, -0.25) is 4.79 Å². The van der Waals surface area contributed by atoms with Crippen molar-refractivity contribution in [1.29, 1.82) is 0 Å². The quantitative estimate of drug-likeness (QED) is 0.835. The van der Waals surface area contributed by atoms with Gasteiger partial charge in [0.15, 0.2) is 6.61 Å². The molecule has 1 rings (SSSR count). The van der Waals surface area contributed by atoms with Gasteiger partial charge in [-0.1, -0.05) is 22.9 Å². The Bertz CT molecular complexity index is 487. The van der Waals surface area contributed by atoms with Crippen LogP contribution in [0.3, 0.4) is 0 Å². The molecular formula is C15H23BrN2O2. The number of hydrogen-bond donors (Lipinski definition) is 2. The SMILES string of the molecule is CCC(C)(C)NC(=O)COc1c(C)cc(Br)cc1CN. The van der Waals surface area contributed by atoms with Crippen molar-refractivity contribution in [3.63, 3.8) is 0 Å². The molecule has 1 aromatic carbocycles. The molecule has 0 spiro atoms. The number of rotatable bonds is 6. The third-order valence-corrected chi connectivity index (χ3v) is 3.70. The summed E-state index contributed by atoms with van der Waals surface area (Å²) in [6, 6.07) is 3.86. The highest BCUT2D eigenvalue weighted by atomic mass is 79.9. The summed E-state index contributed by atoms with van der Waals surface area (Å²) in [6.07, 6.45) is 0.865. The summed E-state index contributed by atoms with van der Waals surface area (Å²) in [4.78, 5) is 11.9. The predicted octanol–water partition coefficient (Wildman–Crippen LogP) is 2.90. The van der Waals surface area contributed by atoms with E-state index in [0.29, 0.717) is 12.3 Å². The van der Waals surface area contributed by atoms with Gasteiger partial charge in [-0.25, -0.2) is 0 Å². The highest BCUT2D eigenvalue weighted by molar-refractivity contribution is 9.10. The van der Waals surface area contributed by atoms with E-state index >= 15 is 0 Å². The lowest BCUT2D eigenvalue weighted by molar-refractivity contribution is -0.124. The number of hydrogen-bond acceptors (Lipinski definition) is 3. The molecule has 1 aromatic rings. The van der Waals surface area contributed by atoms with Crippen molar-refractivity contribution in [1.82, 2.24) is 5.32 Å². The van der Waals surface area contributed by atoms with E-state index < -0.39 is 0 Å². The zero-order valence-electron chi connectivity index (χ0n) is 12.5. The number of nitrogens with one attached hydrogen (secondary N) is 1. The zero-order chi connectivity index (χ0) is 15.3. The third kappa shape index (κ3) is 4.80. The molecule has 0 fully saturated rings. The molecule has 0 radical (unpaired) electrons. The lowest BCUT2D eigenvalue weighted by Gasteiger charge is -2.24. The summed E-state index contributed by atoms with van der Waals surface area (Å²) in [6.45, 7) is 8.32. The second kappa shape index (κ2) is 7.09. The van der Waals surface area contributed by atoms with Crippen LogP contribution < -0.4 is 15.8 Å². The number of nitrogens with two attached hydrogens (primary N) is 1. The third-order valence-electron chi connectivity index (χ3n) is 3.25. The Morgan fingerprint density at radius 1 is 1.45 bits per heavy atom. The molecule has 0 unspecified atom stereocenters. The summed E-state index contributed by atoms with van der Waals surface area (Å²) < 4.78 is 6.61. The van der Waals surface area contributed by atoms with Crippen molar-refractivity contribution in [3.05, 3.63) is 27.7 Å². The summed E-state index contributed by atoms with van der Waals surface area (Å²) in [5.74, 6) is 0.572. The van der Waals surface area contributed by atoms with E-state index in [4.69, 9.17) is 10.5 Å². The van der Waals surface area contributed by atoms with E-state index in [1.54, 1.807) is 0 Å². The Hall–Kier alpha value is -1.07. The first-order valence-electron chi connectivity index (χ1n) is 6.72. The highest BCUT2D eigenvalue weighted by Crippen LogP contribution is 2.27. The molecule has 0 saturated heterocycles. The van der Waals surface area contributed by atoms with Crippen molar-refractivity contribution in [2.24, 2.45) is 5.73 Å². The van der Waals surface area contributed by atoms with Crippen LogP contribution in [0.4, 0.5) is 0 Å². The Kier molecular flexibility index (Phi) is 6.02. The molecule has 5 heteroatoms. The molecule has 0 aliphatic heterocycles. The van der Waals surface area contributed by atoms with Gasteiger partial charge in [-0.2, -0.15) is 0 Å². The van der Waals surface area contributed by atoms with Gasteiger partial charge in [-0.05, 0) is 44.9 Å². The van der Waals surface area contributed by atoms with Crippen molar-refractivity contribution >= 4 is 21.8 Å². The minimum Gasteiger partial charge on any atom is -0.483 e. The van der Waals surface area contributed by atoms with E-state index in [-0.39, 0.29) is 18.1 Å². The second-order valence-corrected chi connectivity index (χ2v) is 6.41. The fourth-order valence-corrected chi connectivity index (χ4v) is 2.42. The van der Waals surface area contributed by atoms with Crippen LogP contribution in [0.1, 0.15) is 38.3 Å². The first-order valence-corrected chi connectivity index (χ1v) is 7.51. The lowest BCUT2D eigenvalue weighted by atomic mass is 10.0. The van der Waals surface area contributed by atoms with Crippen molar-refractivity contribution in [2.75, 3.05) is 6.61 Å². The maximum Gasteiger partial charge on any atom is 0.258 e. The normalized spacial score (nSPS) is 11.3. The molecule has 1 amide bonds. The van der Waals surface area contributed by atoms with Gasteiger partial charge in [0.05, 0.1) is 0 Å². The monoisotopic (exact) mass is 342 g/mol. The molecule has 0 atom stereocenters. The fourth-order valence-electron chi connectivity index (χ4n) is 1.80. The predicted molar refractivity (Wildman–Crippen MR) is 84.8 cm³/mol. The van der Waals surface area contributed by atoms with Gasteiger partial charge in [-0.15, -0.1) is 0 Å². The van der Waals surface area contributed by atoms with Crippen LogP contribution in [-0.2, 0) is 11.3 Å². The number of ether oxygens (including phenoxy) is 1. The zero-order valence-corrected chi connectivity index (χ0v) is 14.1. The summed E-state index contributed by atoms with van der Waals surface area (Å²) in [7, 11) is 0. The Balaban J connectivity index is 2.73. The van der Waals surface area contributed by atoms with E-state index in [1.807, 2.05) is 39.8 Å². The molecule has 3 N–H and O–H groups in total. The molecule has 112 valence electrons. The number of aryl methyl sites for hydroxylation is 1. The highest BCUT2D eigenvalue weighted by Gasteiger charge is 2.18. The van der Waals surface area contributed by atoms with Gasteiger partial charge in [0.25, 0.3) is 5.91 Å². The van der Waals surface area contributed by atoms with Crippen molar-refractivity contribution < 1.29 is 9.53 Å². The van der Waals surface area contributed by atoms with Crippen molar-refractivity contribution in [2.45, 2.75) is 46.2 Å². The molecule has 0 bridgehead atoms. The molecule has 0 aliphatic carbocycles. The number of benzene rings is 1. The van der Waals surface area contributed by atoms with Crippen LogP contribution in [0.15, 0.2) is 16.6 Å². The maximum atomic E-state index is 11.9. The first kappa shape index (κ1) is 17.0. The summed E-state index contributed by atoms with van der Waals surface area (Å²) >= 11 is 3.43. The fraction of sp³-hybridized carbons (Fsp3) is 0.533. The molecule has 0 aliphatic rings. The molecule has 4 nitrogen and oxygen atoms in total. The Morgan fingerprint density at radius 3 is 2.65 bits per heavy atom.